The van der Waals surface area contributed by atoms with E-state index in [9.17, 15) is 18.0 Å². The first-order valence-electron chi connectivity index (χ1n) is 9.27. The summed E-state index contributed by atoms with van der Waals surface area (Å²) >= 11 is 1.60. The Morgan fingerprint density at radius 3 is 2.69 bits per heavy atom. The molecule has 3 nitrogen and oxygen atoms in total. The monoisotopic (exact) mass is 416 g/mol. The number of carbonyl (C=O) groups excluding carboxylic acids is 1. The Balaban J connectivity index is 1.54. The highest BCUT2D eigenvalue weighted by Crippen LogP contribution is 2.36. The van der Waals surface area contributed by atoms with E-state index in [-0.39, 0.29) is 11.6 Å². The van der Waals surface area contributed by atoms with Gasteiger partial charge in [-0.15, -0.1) is 11.3 Å². The van der Waals surface area contributed by atoms with Crippen molar-refractivity contribution < 1.29 is 18.0 Å². The molecule has 1 N–H and O–H groups in total. The maximum atomic E-state index is 12.9. The highest BCUT2D eigenvalue weighted by Gasteiger charge is 2.31. The second-order valence-corrected chi connectivity index (χ2v) is 7.87. The number of para-hydroxylation sites is 1. The van der Waals surface area contributed by atoms with Gasteiger partial charge in [-0.3, -0.25) is 4.79 Å². The van der Waals surface area contributed by atoms with Gasteiger partial charge >= 0.3 is 6.18 Å². The van der Waals surface area contributed by atoms with Crippen molar-refractivity contribution >= 4 is 22.9 Å². The number of benzene rings is 2. The summed E-state index contributed by atoms with van der Waals surface area (Å²) in [5.74, 6) is -0.509. The zero-order chi connectivity index (χ0) is 20.4. The lowest BCUT2D eigenvalue weighted by Crippen LogP contribution is -2.37. The molecule has 0 bridgehead atoms. The number of hydrogen-bond acceptors (Lipinski definition) is 3. The van der Waals surface area contributed by atoms with Crippen molar-refractivity contribution in [2.75, 3.05) is 18.0 Å². The number of halogens is 3. The van der Waals surface area contributed by atoms with Crippen LogP contribution in [0.15, 0.2) is 66.0 Å². The Labute approximate surface area is 170 Å². The van der Waals surface area contributed by atoms with Crippen molar-refractivity contribution in [3.63, 3.8) is 0 Å². The van der Waals surface area contributed by atoms with Gasteiger partial charge in [0.25, 0.3) is 5.91 Å². The third-order valence-electron chi connectivity index (χ3n) is 5.08. The average molecular weight is 416 g/mol. The summed E-state index contributed by atoms with van der Waals surface area (Å²) in [6.07, 6.45) is -3.55. The van der Waals surface area contributed by atoms with E-state index in [1.54, 1.807) is 11.3 Å². The largest absolute Gasteiger partial charge is 0.416 e. The zero-order valence-corrected chi connectivity index (χ0v) is 16.3. The molecule has 1 aliphatic rings. The molecule has 2 aromatic carbocycles. The van der Waals surface area contributed by atoms with Crippen LogP contribution >= 0.6 is 11.3 Å². The fourth-order valence-corrected chi connectivity index (χ4v) is 4.50. The van der Waals surface area contributed by atoms with Gasteiger partial charge in [0.1, 0.15) is 0 Å². The Kier molecular flexibility index (Phi) is 5.32. The minimum atomic E-state index is -4.48. The normalized spacial score (nSPS) is 14.5. The number of thiophene rings is 1. The molecule has 1 atom stereocenters. The Hall–Kier alpha value is -2.80. The summed E-state index contributed by atoms with van der Waals surface area (Å²) < 4.78 is 38.8. The summed E-state index contributed by atoms with van der Waals surface area (Å²) in [5, 5.41) is 4.82. The third-order valence-corrected chi connectivity index (χ3v) is 6.05. The lowest BCUT2D eigenvalue weighted by molar-refractivity contribution is -0.137. The first kappa shape index (κ1) is 19.5. The van der Waals surface area contributed by atoms with Gasteiger partial charge in [-0.1, -0.05) is 30.3 Å². The lowest BCUT2D eigenvalue weighted by Gasteiger charge is -2.30. The van der Waals surface area contributed by atoms with E-state index in [0.717, 1.165) is 35.7 Å². The Bertz CT molecular complexity index is 1000. The molecule has 0 saturated heterocycles. The van der Waals surface area contributed by atoms with Gasteiger partial charge in [0.05, 0.1) is 11.6 Å². The van der Waals surface area contributed by atoms with Crippen LogP contribution in [0.2, 0.25) is 0 Å². The number of amides is 1. The predicted octanol–water partition coefficient (Wildman–Crippen LogP) is 5.30. The van der Waals surface area contributed by atoms with E-state index in [1.165, 1.54) is 17.7 Å². The van der Waals surface area contributed by atoms with E-state index < -0.39 is 17.6 Å². The van der Waals surface area contributed by atoms with Crippen molar-refractivity contribution in [1.82, 2.24) is 5.32 Å². The van der Waals surface area contributed by atoms with E-state index in [4.69, 9.17) is 0 Å². The van der Waals surface area contributed by atoms with Crippen LogP contribution in [0.5, 0.6) is 0 Å². The summed E-state index contributed by atoms with van der Waals surface area (Å²) in [4.78, 5) is 15.9. The number of rotatable bonds is 5. The van der Waals surface area contributed by atoms with Crippen LogP contribution < -0.4 is 10.2 Å². The van der Waals surface area contributed by atoms with E-state index in [1.807, 2.05) is 29.6 Å². The van der Waals surface area contributed by atoms with Gasteiger partial charge in [-0.05, 0) is 47.7 Å². The van der Waals surface area contributed by atoms with Crippen LogP contribution in [0, 0.1) is 0 Å². The van der Waals surface area contributed by atoms with Crippen LogP contribution in [0.1, 0.15) is 32.4 Å². The summed E-state index contributed by atoms with van der Waals surface area (Å²) in [7, 11) is 0. The van der Waals surface area contributed by atoms with Gasteiger partial charge in [0.2, 0.25) is 0 Å². The maximum absolute atomic E-state index is 12.9. The van der Waals surface area contributed by atoms with Crippen molar-refractivity contribution in [3.8, 4) is 0 Å². The van der Waals surface area contributed by atoms with E-state index in [0.29, 0.717) is 6.54 Å². The molecule has 2 heterocycles. The number of fused-ring (bicyclic) bond motifs is 1. The molecule has 7 heteroatoms. The van der Waals surface area contributed by atoms with Crippen LogP contribution in [-0.2, 0) is 12.6 Å². The Morgan fingerprint density at radius 2 is 1.93 bits per heavy atom. The van der Waals surface area contributed by atoms with Crippen molar-refractivity contribution in [1.29, 1.82) is 0 Å². The molecule has 3 aromatic rings. The number of carbonyl (C=O) groups is 1. The minimum absolute atomic E-state index is 0.00609. The van der Waals surface area contributed by atoms with Gasteiger partial charge in [0, 0.05) is 29.2 Å². The lowest BCUT2D eigenvalue weighted by atomic mass is 10.1. The molecular weight excluding hydrogens is 397 g/mol. The molecule has 150 valence electrons. The van der Waals surface area contributed by atoms with Crippen molar-refractivity contribution in [2.24, 2.45) is 0 Å². The molecule has 1 aromatic heterocycles. The molecule has 0 radical (unpaired) electrons. The second kappa shape index (κ2) is 7.91. The summed E-state index contributed by atoms with van der Waals surface area (Å²) in [6, 6.07) is 16.6. The number of alkyl halides is 3. The number of nitrogens with one attached hydrogen (secondary N) is 1. The topological polar surface area (TPSA) is 32.3 Å². The first-order chi connectivity index (χ1) is 13.9. The van der Waals surface area contributed by atoms with Crippen LogP contribution in [0.3, 0.4) is 0 Å². The smallest absolute Gasteiger partial charge is 0.361 e. The molecule has 1 aliphatic heterocycles. The van der Waals surface area contributed by atoms with Crippen molar-refractivity contribution in [2.45, 2.75) is 18.6 Å². The number of nitrogens with zero attached hydrogens (tertiary/aromatic N) is 1. The average Bonchev–Trinajstić information content (AvgIpc) is 3.38. The molecule has 1 amide bonds. The third kappa shape index (κ3) is 4.15. The Morgan fingerprint density at radius 1 is 1.10 bits per heavy atom. The first-order valence-corrected chi connectivity index (χ1v) is 10.1. The SMILES string of the molecule is O=C(NC[C@H](c1cccs1)N1CCc2ccccc21)c1cccc(C(F)(F)F)c1. The molecule has 4 rings (SSSR count). The van der Waals surface area contributed by atoms with Crippen molar-refractivity contribution in [3.05, 3.63) is 87.6 Å². The van der Waals surface area contributed by atoms with Crippen LogP contribution in [0.4, 0.5) is 18.9 Å². The standard InChI is InChI=1S/C22H19F3N2OS/c23-22(24,25)17-7-3-6-16(13-17)21(28)26-14-19(20-9-4-12-29-20)27-11-10-15-5-1-2-8-18(15)27/h1-9,12-13,19H,10-11,14H2,(H,26,28)/t19-/m1/s1. The summed E-state index contributed by atoms with van der Waals surface area (Å²) in [5.41, 5.74) is 1.58. The molecular formula is C22H19F3N2OS. The second-order valence-electron chi connectivity index (χ2n) is 6.89. The minimum Gasteiger partial charge on any atom is -0.361 e. The van der Waals surface area contributed by atoms with E-state index in [2.05, 4.69) is 22.3 Å². The molecule has 0 unspecified atom stereocenters. The number of hydrogen-bond donors (Lipinski definition) is 1. The molecule has 29 heavy (non-hydrogen) atoms. The quantitative estimate of drug-likeness (QED) is 0.612. The molecule has 0 spiro atoms. The van der Waals surface area contributed by atoms with Gasteiger partial charge in [-0.2, -0.15) is 13.2 Å². The van der Waals surface area contributed by atoms with E-state index >= 15 is 0 Å². The van der Waals surface area contributed by atoms with Crippen LogP contribution in [-0.4, -0.2) is 19.0 Å². The fourth-order valence-electron chi connectivity index (χ4n) is 3.66. The van der Waals surface area contributed by atoms with Gasteiger partial charge < -0.3 is 10.2 Å². The molecule has 0 saturated carbocycles. The number of anilines is 1. The zero-order valence-electron chi connectivity index (χ0n) is 15.4. The molecule has 0 aliphatic carbocycles. The summed E-state index contributed by atoms with van der Waals surface area (Å²) in [6.45, 7) is 1.14. The predicted molar refractivity (Wildman–Crippen MR) is 108 cm³/mol. The highest BCUT2D eigenvalue weighted by molar-refractivity contribution is 7.10. The van der Waals surface area contributed by atoms with Crippen LogP contribution in [0.25, 0.3) is 0 Å². The highest BCUT2D eigenvalue weighted by atomic mass is 32.1. The van der Waals surface area contributed by atoms with Gasteiger partial charge in [-0.25, -0.2) is 0 Å². The maximum Gasteiger partial charge on any atom is 0.416 e. The van der Waals surface area contributed by atoms with Gasteiger partial charge in [0.15, 0.2) is 0 Å². The fraction of sp³-hybridized carbons (Fsp3) is 0.227. The molecule has 0 fully saturated rings.